The molecule has 0 saturated carbocycles. The summed E-state index contributed by atoms with van der Waals surface area (Å²) in [6.45, 7) is 22.2. The summed E-state index contributed by atoms with van der Waals surface area (Å²) in [6.07, 6.45) is 8.71. The molecule has 0 bridgehead atoms. The highest BCUT2D eigenvalue weighted by Gasteiger charge is 2.38. The van der Waals surface area contributed by atoms with E-state index in [1.165, 1.54) is 44.9 Å². The van der Waals surface area contributed by atoms with Crippen LogP contribution in [0.25, 0.3) is 0 Å². The highest BCUT2D eigenvalue weighted by atomic mass is 15.1. The average molecular weight is 395 g/mol. The summed E-state index contributed by atoms with van der Waals surface area (Å²) >= 11 is 0. The molecule has 0 amide bonds. The summed E-state index contributed by atoms with van der Waals surface area (Å²) in [7, 11) is 0. The second kappa shape index (κ2) is 8.91. The van der Waals surface area contributed by atoms with Crippen molar-refractivity contribution >= 4 is 0 Å². The normalized spacial score (nSPS) is 28.2. The van der Waals surface area contributed by atoms with Gasteiger partial charge in [0.15, 0.2) is 0 Å². The predicted molar refractivity (Wildman–Crippen MR) is 123 cm³/mol. The molecule has 0 spiro atoms. The molecule has 0 aromatic carbocycles. The second-order valence-corrected chi connectivity index (χ2v) is 12.5. The van der Waals surface area contributed by atoms with E-state index >= 15 is 0 Å². The van der Waals surface area contributed by atoms with E-state index in [0.29, 0.717) is 18.1 Å². The van der Waals surface area contributed by atoms with Crippen LogP contribution >= 0.6 is 0 Å². The van der Waals surface area contributed by atoms with Gasteiger partial charge in [0.1, 0.15) is 0 Å². The Morgan fingerprint density at radius 1 is 0.714 bits per heavy atom. The van der Waals surface area contributed by atoms with Crippen LogP contribution in [0.3, 0.4) is 0 Å². The highest BCUT2D eigenvalue weighted by molar-refractivity contribution is 5.00. The van der Waals surface area contributed by atoms with Crippen LogP contribution < -0.4 is 21.3 Å². The molecule has 2 saturated heterocycles. The van der Waals surface area contributed by atoms with Crippen LogP contribution in [0, 0.1) is 0 Å². The van der Waals surface area contributed by atoms with E-state index in [0.717, 1.165) is 6.54 Å². The fourth-order valence-electron chi connectivity index (χ4n) is 6.27. The Hall–Kier alpha value is -0.160. The number of rotatable bonds is 8. The molecule has 1 atom stereocenters. The lowest BCUT2D eigenvalue weighted by Gasteiger charge is -2.47. The van der Waals surface area contributed by atoms with Crippen molar-refractivity contribution in [1.29, 1.82) is 0 Å². The van der Waals surface area contributed by atoms with E-state index in [4.69, 9.17) is 0 Å². The van der Waals surface area contributed by atoms with Crippen LogP contribution in [0.4, 0.5) is 0 Å². The maximum absolute atomic E-state index is 3.92. The summed E-state index contributed by atoms with van der Waals surface area (Å²) in [4.78, 5) is 0. The van der Waals surface area contributed by atoms with E-state index in [1.54, 1.807) is 0 Å². The zero-order valence-electron chi connectivity index (χ0n) is 20.4. The Labute approximate surface area is 175 Å². The smallest absolute Gasteiger partial charge is 0.0144 e. The Morgan fingerprint density at radius 3 is 1.61 bits per heavy atom. The molecule has 4 nitrogen and oxygen atoms in total. The third-order valence-corrected chi connectivity index (χ3v) is 6.40. The van der Waals surface area contributed by atoms with Crippen molar-refractivity contribution in [3.8, 4) is 0 Å². The van der Waals surface area contributed by atoms with Crippen LogP contribution in [0.5, 0.6) is 0 Å². The van der Waals surface area contributed by atoms with Crippen LogP contribution in [-0.4, -0.2) is 46.8 Å². The van der Waals surface area contributed by atoms with Gasteiger partial charge in [-0.1, -0.05) is 6.42 Å². The summed E-state index contributed by atoms with van der Waals surface area (Å²) in [5, 5.41) is 15.3. The van der Waals surface area contributed by atoms with Crippen molar-refractivity contribution in [2.45, 2.75) is 148 Å². The number of unbranched alkanes of at least 4 members (excludes halogenated alkanes) is 1. The van der Waals surface area contributed by atoms with Gasteiger partial charge in [0.2, 0.25) is 0 Å². The fourth-order valence-corrected chi connectivity index (χ4v) is 6.27. The highest BCUT2D eigenvalue weighted by Crippen LogP contribution is 2.29. The van der Waals surface area contributed by atoms with Crippen molar-refractivity contribution in [1.82, 2.24) is 21.3 Å². The standard InChI is InChI=1S/C24H50N4/c1-18(26-20-16-23(6,7)28-24(8,9)17-20)12-10-11-13-25-19-14-21(2,3)27-22(4,5)15-19/h18-20,25-28H,10-17H2,1-9H3. The lowest BCUT2D eigenvalue weighted by molar-refractivity contribution is 0.139. The lowest BCUT2D eigenvalue weighted by atomic mass is 9.79. The molecule has 2 rings (SSSR count). The lowest BCUT2D eigenvalue weighted by Crippen LogP contribution is -2.62. The van der Waals surface area contributed by atoms with Crippen molar-refractivity contribution in [3.63, 3.8) is 0 Å². The van der Waals surface area contributed by atoms with Gasteiger partial charge in [0.05, 0.1) is 0 Å². The van der Waals surface area contributed by atoms with Gasteiger partial charge < -0.3 is 21.3 Å². The minimum atomic E-state index is 0.222. The number of hydrogen-bond donors (Lipinski definition) is 4. The Balaban J connectivity index is 1.64. The van der Waals surface area contributed by atoms with Gasteiger partial charge in [-0.25, -0.2) is 0 Å². The van der Waals surface area contributed by atoms with Crippen LogP contribution in [0.1, 0.15) is 107 Å². The third-order valence-electron chi connectivity index (χ3n) is 6.40. The molecule has 4 N–H and O–H groups in total. The van der Waals surface area contributed by atoms with Gasteiger partial charge in [-0.3, -0.25) is 0 Å². The maximum atomic E-state index is 3.92. The van der Waals surface area contributed by atoms with E-state index in [9.17, 15) is 0 Å². The van der Waals surface area contributed by atoms with E-state index in [2.05, 4.69) is 83.6 Å². The molecule has 2 fully saturated rings. The molecule has 0 aliphatic carbocycles. The molecule has 1 unspecified atom stereocenters. The average Bonchev–Trinajstić information content (AvgIpc) is 2.39. The number of nitrogens with one attached hydrogen (secondary N) is 4. The Morgan fingerprint density at radius 2 is 1.14 bits per heavy atom. The zero-order valence-corrected chi connectivity index (χ0v) is 20.4. The first kappa shape index (κ1) is 24.1. The molecule has 2 aliphatic heterocycles. The zero-order chi connectivity index (χ0) is 21.2. The van der Waals surface area contributed by atoms with E-state index < -0.39 is 0 Å². The molecule has 0 aromatic heterocycles. The van der Waals surface area contributed by atoms with Crippen molar-refractivity contribution < 1.29 is 0 Å². The molecule has 28 heavy (non-hydrogen) atoms. The fraction of sp³-hybridized carbons (Fsp3) is 1.00. The number of hydrogen-bond acceptors (Lipinski definition) is 4. The van der Waals surface area contributed by atoms with Crippen LogP contribution in [0.15, 0.2) is 0 Å². The van der Waals surface area contributed by atoms with Gasteiger partial charge in [0, 0.05) is 40.3 Å². The molecule has 0 aromatic rings. The maximum Gasteiger partial charge on any atom is 0.0144 e. The van der Waals surface area contributed by atoms with Crippen LogP contribution in [0.2, 0.25) is 0 Å². The van der Waals surface area contributed by atoms with E-state index in [-0.39, 0.29) is 22.2 Å². The molecule has 2 heterocycles. The van der Waals surface area contributed by atoms with Crippen molar-refractivity contribution in [3.05, 3.63) is 0 Å². The molecule has 166 valence electrons. The number of piperidine rings is 2. The molecular weight excluding hydrogens is 344 g/mol. The molecule has 0 radical (unpaired) electrons. The first-order chi connectivity index (χ1) is 12.7. The Bertz CT molecular complexity index is 463. The first-order valence-electron chi connectivity index (χ1n) is 11.8. The Kier molecular flexibility index (Phi) is 7.68. The summed E-state index contributed by atoms with van der Waals surface area (Å²) in [5.74, 6) is 0. The van der Waals surface area contributed by atoms with Gasteiger partial charge >= 0.3 is 0 Å². The largest absolute Gasteiger partial charge is 0.314 e. The minimum absolute atomic E-state index is 0.222. The van der Waals surface area contributed by atoms with Crippen molar-refractivity contribution in [2.75, 3.05) is 6.54 Å². The second-order valence-electron chi connectivity index (χ2n) is 12.5. The van der Waals surface area contributed by atoms with Gasteiger partial charge in [-0.15, -0.1) is 0 Å². The summed E-state index contributed by atoms with van der Waals surface area (Å²) < 4.78 is 0. The summed E-state index contributed by atoms with van der Waals surface area (Å²) in [6, 6.07) is 1.87. The van der Waals surface area contributed by atoms with Gasteiger partial charge in [0.25, 0.3) is 0 Å². The van der Waals surface area contributed by atoms with Gasteiger partial charge in [-0.05, 0) is 107 Å². The molecule has 2 aliphatic rings. The van der Waals surface area contributed by atoms with Crippen molar-refractivity contribution in [2.24, 2.45) is 0 Å². The predicted octanol–water partition coefficient (Wildman–Crippen LogP) is 4.34. The topological polar surface area (TPSA) is 48.1 Å². The monoisotopic (exact) mass is 394 g/mol. The minimum Gasteiger partial charge on any atom is -0.314 e. The SMILES string of the molecule is CC(CCCCNC1CC(C)(C)NC(C)(C)C1)NC1CC(C)(C)NC(C)(C)C1. The van der Waals surface area contributed by atoms with Crippen LogP contribution in [-0.2, 0) is 0 Å². The summed E-state index contributed by atoms with van der Waals surface area (Å²) in [5.41, 5.74) is 0.904. The molecular formula is C24H50N4. The quantitative estimate of drug-likeness (QED) is 0.463. The third kappa shape index (κ3) is 8.30. The molecule has 4 heteroatoms. The first-order valence-corrected chi connectivity index (χ1v) is 11.8. The van der Waals surface area contributed by atoms with Gasteiger partial charge in [-0.2, -0.15) is 0 Å². The van der Waals surface area contributed by atoms with E-state index in [1.807, 2.05) is 0 Å².